The number of hydrogen-bond acceptors (Lipinski definition) is 3. The Balaban J connectivity index is 1.45. The third-order valence-electron chi connectivity index (χ3n) is 5.40. The van der Waals surface area contributed by atoms with Crippen molar-refractivity contribution in [2.75, 3.05) is 26.2 Å². The van der Waals surface area contributed by atoms with Crippen LogP contribution in [-0.2, 0) is 6.42 Å². The fourth-order valence-corrected chi connectivity index (χ4v) is 3.94. The van der Waals surface area contributed by atoms with Crippen LogP contribution in [0.5, 0.6) is 0 Å². The van der Waals surface area contributed by atoms with Crippen LogP contribution in [0.2, 0.25) is 0 Å². The van der Waals surface area contributed by atoms with Gasteiger partial charge in [0.1, 0.15) is 0 Å². The molecule has 2 N–H and O–H groups in total. The standard InChI is InChI=1S/C19H30N2O/c1-15-7-8-16-5-2-3-6-18(16)19(15)20-11-4-12-21-13-9-17(22)10-14-21/h2-3,5-6,15,17,19-20,22H,4,7-14H2,1H3/t15-,19+/m1/s1. The number of nitrogens with zero attached hydrogens (tertiary/aromatic N) is 1. The molecule has 1 heterocycles. The van der Waals surface area contributed by atoms with Crippen molar-refractivity contribution in [1.82, 2.24) is 10.2 Å². The molecule has 1 saturated heterocycles. The fraction of sp³-hybridized carbons (Fsp3) is 0.684. The summed E-state index contributed by atoms with van der Waals surface area (Å²) in [7, 11) is 0. The second kappa shape index (κ2) is 7.58. The number of benzene rings is 1. The first-order valence-corrected chi connectivity index (χ1v) is 8.95. The molecule has 0 aromatic heterocycles. The largest absolute Gasteiger partial charge is 0.393 e. The number of aliphatic hydroxyl groups excluding tert-OH is 1. The Morgan fingerprint density at radius 2 is 1.95 bits per heavy atom. The Bertz CT molecular complexity index is 468. The molecule has 3 rings (SSSR count). The third kappa shape index (κ3) is 3.89. The molecule has 0 amide bonds. The molecule has 0 saturated carbocycles. The summed E-state index contributed by atoms with van der Waals surface area (Å²) in [6, 6.07) is 9.44. The van der Waals surface area contributed by atoms with Crippen LogP contribution >= 0.6 is 0 Å². The van der Waals surface area contributed by atoms with Crippen molar-refractivity contribution in [1.29, 1.82) is 0 Å². The molecule has 3 heteroatoms. The number of hydrogen-bond donors (Lipinski definition) is 2. The third-order valence-corrected chi connectivity index (χ3v) is 5.40. The molecular weight excluding hydrogens is 272 g/mol. The van der Waals surface area contributed by atoms with E-state index in [0.29, 0.717) is 6.04 Å². The zero-order valence-corrected chi connectivity index (χ0v) is 13.8. The molecule has 22 heavy (non-hydrogen) atoms. The number of nitrogens with one attached hydrogen (secondary N) is 1. The summed E-state index contributed by atoms with van der Waals surface area (Å²) < 4.78 is 0. The van der Waals surface area contributed by atoms with Crippen LogP contribution in [0, 0.1) is 5.92 Å². The van der Waals surface area contributed by atoms with Gasteiger partial charge in [-0.25, -0.2) is 0 Å². The van der Waals surface area contributed by atoms with Crippen molar-refractivity contribution in [3.8, 4) is 0 Å². The van der Waals surface area contributed by atoms with Gasteiger partial charge < -0.3 is 15.3 Å². The Morgan fingerprint density at radius 1 is 1.18 bits per heavy atom. The van der Waals surface area contributed by atoms with Crippen LogP contribution in [0.25, 0.3) is 0 Å². The molecule has 2 aliphatic rings. The summed E-state index contributed by atoms with van der Waals surface area (Å²) in [6.07, 6.45) is 5.54. The van der Waals surface area contributed by atoms with Gasteiger partial charge in [0.15, 0.2) is 0 Å². The molecule has 0 unspecified atom stereocenters. The van der Waals surface area contributed by atoms with E-state index in [-0.39, 0.29) is 6.10 Å². The van der Waals surface area contributed by atoms with E-state index < -0.39 is 0 Å². The van der Waals surface area contributed by atoms with Crippen LogP contribution in [0.4, 0.5) is 0 Å². The molecular formula is C19H30N2O. The molecule has 3 nitrogen and oxygen atoms in total. The zero-order valence-electron chi connectivity index (χ0n) is 13.8. The molecule has 0 spiro atoms. The average Bonchev–Trinajstić information content (AvgIpc) is 2.55. The van der Waals surface area contributed by atoms with Crippen molar-refractivity contribution in [2.24, 2.45) is 5.92 Å². The lowest BCUT2D eigenvalue weighted by molar-refractivity contribution is 0.0819. The van der Waals surface area contributed by atoms with Gasteiger partial charge >= 0.3 is 0 Å². The molecule has 0 radical (unpaired) electrons. The fourth-order valence-electron chi connectivity index (χ4n) is 3.94. The van der Waals surface area contributed by atoms with E-state index in [0.717, 1.165) is 44.9 Å². The van der Waals surface area contributed by atoms with Crippen molar-refractivity contribution in [3.63, 3.8) is 0 Å². The van der Waals surface area contributed by atoms with E-state index in [1.54, 1.807) is 0 Å². The number of likely N-dealkylation sites (tertiary alicyclic amines) is 1. The van der Waals surface area contributed by atoms with Gasteiger partial charge in [-0.15, -0.1) is 0 Å². The summed E-state index contributed by atoms with van der Waals surface area (Å²) in [4.78, 5) is 2.49. The highest BCUT2D eigenvalue weighted by Crippen LogP contribution is 2.33. The van der Waals surface area contributed by atoms with Crippen molar-refractivity contribution in [3.05, 3.63) is 35.4 Å². The number of rotatable bonds is 5. The van der Waals surface area contributed by atoms with E-state index in [2.05, 4.69) is 41.4 Å². The maximum absolute atomic E-state index is 9.55. The van der Waals surface area contributed by atoms with Crippen molar-refractivity contribution >= 4 is 0 Å². The number of piperidine rings is 1. The second-order valence-electron chi connectivity index (χ2n) is 7.07. The van der Waals surface area contributed by atoms with E-state index in [1.165, 1.54) is 30.4 Å². The van der Waals surface area contributed by atoms with Gasteiger partial charge in [0, 0.05) is 19.1 Å². The minimum atomic E-state index is -0.0611. The van der Waals surface area contributed by atoms with Crippen LogP contribution in [-0.4, -0.2) is 42.3 Å². The Labute approximate surface area is 134 Å². The topological polar surface area (TPSA) is 35.5 Å². The maximum Gasteiger partial charge on any atom is 0.0564 e. The quantitative estimate of drug-likeness (QED) is 0.821. The number of fused-ring (bicyclic) bond motifs is 1. The van der Waals surface area contributed by atoms with Gasteiger partial charge in [-0.2, -0.15) is 0 Å². The van der Waals surface area contributed by atoms with Gasteiger partial charge in [0.2, 0.25) is 0 Å². The van der Waals surface area contributed by atoms with E-state index in [9.17, 15) is 5.11 Å². The highest BCUT2D eigenvalue weighted by Gasteiger charge is 2.25. The lowest BCUT2D eigenvalue weighted by Crippen LogP contribution is -2.38. The Morgan fingerprint density at radius 3 is 2.77 bits per heavy atom. The average molecular weight is 302 g/mol. The molecule has 0 bridgehead atoms. The van der Waals surface area contributed by atoms with E-state index in [4.69, 9.17) is 0 Å². The number of aliphatic hydroxyl groups is 1. The molecule has 1 aliphatic heterocycles. The molecule has 122 valence electrons. The van der Waals surface area contributed by atoms with Gasteiger partial charge in [-0.05, 0) is 62.2 Å². The lowest BCUT2D eigenvalue weighted by atomic mass is 9.80. The summed E-state index contributed by atoms with van der Waals surface area (Å²) in [5, 5.41) is 13.4. The van der Waals surface area contributed by atoms with Crippen molar-refractivity contribution < 1.29 is 5.11 Å². The van der Waals surface area contributed by atoms with Crippen LogP contribution in [0.3, 0.4) is 0 Å². The molecule has 1 aromatic carbocycles. The highest BCUT2D eigenvalue weighted by molar-refractivity contribution is 5.32. The van der Waals surface area contributed by atoms with Gasteiger partial charge in [-0.1, -0.05) is 31.2 Å². The van der Waals surface area contributed by atoms with Gasteiger partial charge in [0.25, 0.3) is 0 Å². The Kier molecular flexibility index (Phi) is 5.51. The van der Waals surface area contributed by atoms with E-state index in [1.807, 2.05) is 0 Å². The zero-order chi connectivity index (χ0) is 15.4. The van der Waals surface area contributed by atoms with E-state index >= 15 is 0 Å². The first-order chi connectivity index (χ1) is 10.7. The summed E-state index contributed by atoms with van der Waals surface area (Å²) in [5.41, 5.74) is 3.05. The molecule has 1 aromatic rings. The minimum absolute atomic E-state index is 0.0611. The Hall–Kier alpha value is -0.900. The van der Waals surface area contributed by atoms with Crippen LogP contribution in [0.1, 0.15) is 49.8 Å². The smallest absolute Gasteiger partial charge is 0.0564 e. The summed E-state index contributed by atoms with van der Waals surface area (Å²) in [6.45, 7) is 6.73. The molecule has 2 atom stereocenters. The molecule has 1 fully saturated rings. The van der Waals surface area contributed by atoms with Crippen LogP contribution in [0.15, 0.2) is 24.3 Å². The first kappa shape index (κ1) is 16.0. The second-order valence-corrected chi connectivity index (χ2v) is 7.07. The highest BCUT2D eigenvalue weighted by atomic mass is 16.3. The minimum Gasteiger partial charge on any atom is -0.393 e. The summed E-state index contributed by atoms with van der Waals surface area (Å²) >= 11 is 0. The summed E-state index contributed by atoms with van der Waals surface area (Å²) in [5.74, 6) is 0.722. The molecule has 1 aliphatic carbocycles. The first-order valence-electron chi connectivity index (χ1n) is 8.95. The van der Waals surface area contributed by atoms with Gasteiger partial charge in [-0.3, -0.25) is 0 Å². The lowest BCUT2D eigenvalue weighted by Gasteiger charge is -2.33. The van der Waals surface area contributed by atoms with Crippen molar-refractivity contribution in [2.45, 2.75) is 51.2 Å². The predicted octanol–water partition coefficient (Wildman–Crippen LogP) is 2.75. The number of aryl methyl sites for hydroxylation is 1. The van der Waals surface area contributed by atoms with Crippen LogP contribution < -0.4 is 5.32 Å². The normalized spacial score (nSPS) is 26.8. The SMILES string of the molecule is C[C@@H]1CCc2ccccc2[C@H]1NCCCN1CCC(O)CC1. The maximum atomic E-state index is 9.55. The predicted molar refractivity (Wildman–Crippen MR) is 91.0 cm³/mol. The monoisotopic (exact) mass is 302 g/mol. The van der Waals surface area contributed by atoms with Gasteiger partial charge in [0.05, 0.1) is 6.10 Å².